The van der Waals surface area contributed by atoms with Crippen molar-refractivity contribution in [2.75, 3.05) is 0 Å². The number of benzene rings is 3. The summed E-state index contributed by atoms with van der Waals surface area (Å²) < 4.78 is 0. The van der Waals surface area contributed by atoms with Gasteiger partial charge in [-0.25, -0.2) is 0 Å². The Kier molecular flexibility index (Phi) is 4.15. The second kappa shape index (κ2) is 6.50. The van der Waals surface area contributed by atoms with E-state index in [-0.39, 0.29) is 11.6 Å². The molecule has 27 heavy (non-hydrogen) atoms. The van der Waals surface area contributed by atoms with E-state index in [0.29, 0.717) is 5.56 Å². The highest BCUT2D eigenvalue weighted by molar-refractivity contribution is 5.97. The molecule has 0 spiro atoms. The fourth-order valence-electron chi connectivity index (χ4n) is 3.89. The zero-order valence-corrected chi connectivity index (χ0v) is 15.1. The van der Waals surface area contributed by atoms with Gasteiger partial charge < -0.3 is 5.32 Å². The van der Waals surface area contributed by atoms with Crippen LogP contribution in [0.1, 0.15) is 40.7 Å². The lowest BCUT2D eigenvalue weighted by Gasteiger charge is -2.44. The molecule has 1 aliphatic rings. The highest BCUT2D eigenvalue weighted by Gasteiger charge is 2.41. The summed E-state index contributed by atoms with van der Waals surface area (Å²) in [5.41, 5.74) is 1.71. The molecule has 0 atom stereocenters. The molecule has 0 aliphatic heterocycles. The van der Waals surface area contributed by atoms with Crippen molar-refractivity contribution >= 4 is 22.4 Å². The van der Waals surface area contributed by atoms with Gasteiger partial charge in [-0.3, -0.25) is 14.9 Å². The fourth-order valence-corrected chi connectivity index (χ4v) is 3.89. The summed E-state index contributed by atoms with van der Waals surface area (Å²) in [4.78, 5) is 23.6. The lowest BCUT2D eigenvalue weighted by atomic mass is 9.70. The van der Waals surface area contributed by atoms with Crippen LogP contribution in [0.25, 0.3) is 10.8 Å². The molecular weight excluding hydrogens is 340 g/mol. The van der Waals surface area contributed by atoms with Crippen molar-refractivity contribution in [1.82, 2.24) is 5.32 Å². The number of non-ortho nitro benzene ring substituents is 1. The van der Waals surface area contributed by atoms with Crippen LogP contribution >= 0.6 is 0 Å². The topological polar surface area (TPSA) is 72.2 Å². The number of rotatable bonds is 4. The lowest BCUT2D eigenvalue weighted by Crippen LogP contribution is -2.51. The summed E-state index contributed by atoms with van der Waals surface area (Å²) >= 11 is 0. The number of nitrogens with one attached hydrogen (secondary N) is 1. The van der Waals surface area contributed by atoms with E-state index in [0.717, 1.165) is 41.2 Å². The standard InChI is InChI=1S/C22H20N2O3/c1-15-10-11-17(24(26)27)14-19(15)21(25)23-22(12-5-13-22)20-9-4-7-16-6-2-3-8-18(16)20/h2-4,6-11,14H,5,12-13H2,1H3,(H,23,25). The number of hydrogen-bond acceptors (Lipinski definition) is 3. The largest absolute Gasteiger partial charge is 0.342 e. The van der Waals surface area contributed by atoms with Crippen LogP contribution in [0.2, 0.25) is 0 Å². The van der Waals surface area contributed by atoms with Gasteiger partial charge in [0.15, 0.2) is 0 Å². The summed E-state index contributed by atoms with van der Waals surface area (Å²) in [5.74, 6) is -0.260. The zero-order chi connectivity index (χ0) is 19.0. The molecule has 0 radical (unpaired) electrons. The molecule has 1 N–H and O–H groups in total. The third-order valence-electron chi connectivity index (χ3n) is 5.54. The van der Waals surface area contributed by atoms with Gasteiger partial charge in [-0.05, 0) is 48.1 Å². The summed E-state index contributed by atoms with van der Waals surface area (Å²) in [6.07, 6.45) is 2.76. The van der Waals surface area contributed by atoms with Crippen molar-refractivity contribution in [3.8, 4) is 0 Å². The number of nitro benzene ring substituents is 1. The first-order valence-electron chi connectivity index (χ1n) is 9.06. The van der Waals surface area contributed by atoms with Gasteiger partial charge in [-0.2, -0.15) is 0 Å². The Labute approximate surface area is 157 Å². The van der Waals surface area contributed by atoms with Crippen molar-refractivity contribution in [3.63, 3.8) is 0 Å². The minimum Gasteiger partial charge on any atom is -0.342 e. The van der Waals surface area contributed by atoms with Gasteiger partial charge in [0.2, 0.25) is 0 Å². The monoisotopic (exact) mass is 360 g/mol. The van der Waals surface area contributed by atoms with Crippen LogP contribution in [0.15, 0.2) is 60.7 Å². The van der Waals surface area contributed by atoms with Crippen molar-refractivity contribution in [2.24, 2.45) is 0 Å². The Morgan fingerprint density at radius 3 is 2.52 bits per heavy atom. The van der Waals surface area contributed by atoms with Crippen LogP contribution in [-0.2, 0) is 5.54 Å². The molecule has 0 saturated heterocycles. The summed E-state index contributed by atoms with van der Waals surface area (Å²) in [6, 6.07) is 18.7. The molecule has 0 heterocycles. The highest BCUT2D eigenvalue weighted by Crippen LogP contribution is 2.44. The molecule has 3 aromatic rings. The van der Waals surface area contributed by atoms with E-state index in [2.05, 4.69) is 29.6 Å². The normalized spacial score (nSPS) is 15.1. The molecular formula is C22H20N2O3. The van der Waals surface area contributed by atoms with Gasteiger partial charge in [0, 0.05) is 17.7 Å². The molecule has 5 heteroatoms. The Bertz CT molecular complexity index is 1050. The molecule has 5 nitrogen and oxygen atoms in total. The van der Waals surface area contributed by atoms with Crippen molar-refractivity contribution in [3.05, 3.63) is 87.5 Å². The maximum atomic E-state index is 13.0. The van der Waals surface area contributed by atoms with Crippen LogP contribution in [0.3, 0.4) is 0 Å². The Morgan fingerprint density at radius 2 is 1.81 bits per heavy atom. The second-order valence-corrected chi connectivity index (χ2v) is 7.17. The molecule has 1 aliphatic carbocycles. The van der Waals surface area contributed by atoms with E-state index < -0.39 is 10.5 Å². The molecule has 1 amide bonds. The fraction of sp³-hybridized carbons (Fsp3) is 0.227. The van der Waals surface area contributed by atoms with Crippen LogP contribution in [0.5, 0.6) is 0 Å². The SMILES string of the molecule is Cc1ccc([N+](=O)[O-])cc1C(=O)NC1(c2cccc3ccccc23)CCC1. The summed E-state index contributed by atoms with van der Waals surface area (Å²) in [5, 5.41) is 16.6. The zero-order valence-electron chi connectivity index (χ0n) is 15.1. The van der Waals surface area contributed by atoms with E-state index >= 15 is 0 Å². The molecule has 0 bridgehead atoms. The van der Waals surface area contributed by atoms with E-state index in [1.54, 1.807) is 13.0 Å². The first kappa shape index (κ1) is 17.2. The third kappa shape index (κ3) is 2.95. The number of amides is 1. The van der Waals surface area contributed by atoms with Crippen molar-refractivity contribution in [2.45, 2.75) is 31.7 Å². The maximum absolute atomic E-state index is 13.0. The van der Waals surface area contributed by atoms with Gasteiger partial charge in [0.05, 0.1) is 10.5 Å². The number of carbonyl (C=O) groups excluding carboxylic acids is 1. The Hall–Kier alpha value is -3.21. The number of nitro groups is 1. The molecule has 1 fully saturated rings. The second-order valence-electron chi connectivity index (χ2n) is 7.17. The summed E-state index contributed by atoms with van der Waals surface area (Å²) in [6.45, 7) is 1.80. The average Bonchev–Trinajstić information content (AvgIpc) is 2.64. The number of fused-ring (bicyclic) bond motifs is 1. The molecule has 3 aromatic carbocycles. The Morgan fingerprint density at radius 1 is 1.07 bits per heavy atom. The van der Waals surface area contributed by atoms with Crippen LogP contribution in [-0.4, -0.2) is 10.8 Å². The summed E-state index contributed by atoms with van der Waals surface area (Å²) in [7, 11) is 0. The predicted molar refractivity (Wildman–Crippen MR) is 105 cm³/mol. The van der Waals surface area contributed by atoms with Crippen molar-refractivity contribution in [1.29, 1.82) is 0 Å². The number of nitrogens with zero attached hydrogens (tertiary/aromatic N) is 1. The predicted octanol–water partition coefficient (Wildman–Crippen LogP) is 4.87. The van der Waals surface area contributed by atoms with Gasteiger partial charge >= 0.3 is 0 Å². The molecule has 4 rings (SSSR count). The van der Waals surface area contributed by atoms with E-state index in [9.17, 15) is 14.9 Å². The maximum Gasteiger partial charge on any atom is 0.270 e. The highest BCUT2D eigenvalue weighted by atomic mass is 16.6. The average molecular weight is 360 g/mol. The molecule has 0 unspecified atom stereocenters. The minimum absolute atomic E-state index is 0.0708. The van der Waals surface area contributed by atoms with E-state index in [1.807, 2.05) is 18.2 Å². The lowest BCUT2D eigenvalue weighted by molar-refractivity contribution is -0.384. The van der Waals surface area contributed by atoms with Crippen LogP contribution in [0.4, 0.5) is 5.69 Å². The first-order chi connectivity index (χ1) is 13.0. The van der Waals surface area contributed by atoms with Crippen LogP contribution < -0.4 is 5.32 Å². The quantitative estimate of drug-likeness (QED) is 0.533. The first-order valence-corrected chi connectivity index (χ1v) is 9.06. The van der Waals surface area contributed by atoms with E-state index in [4.69, 9.17) is 0 Å². The molecule has 136 valence electrons. The molecule has 1 saturated carbocycles. The van der Waals surface area contributed by atoms with E-state index in [1.165, 1.54) is 12.1 Å². The minimum atomic E-state index is -0.472. The van der Waals surface area contributed by atoms with Gasteiger partial charge in [-0.1, -0.05) is 48.5 Å². The third-order valence-corrected chi connectivity index (χ3v) is 5.54. The van der Waals surface area contributed by atoms with Gasteiger partial charge in [0.25, 0.3) is 11.6 Å². The molecule has 0 aromatic heterocycles. The Balaban J connectivity index is 1.73. The number of aryl methyl sites for hydroxylation is 1. The van der Waals surface area contributed by atoms with Gasteiger partial charge in [-0.15, -0.1) is 0 Å². The number of hydrogen-bond donors (Lipinski definition) is 1. The van der Waals surface area contributed by atoms with Crippen molar-refractivity contribution < 1.29 is 9.72 Å². The van der Waals surface area contributed by atoms with Gasteiger partial charge in [0.1, 0.15) is 0 Å². The smallest absolute Gasteiger partial charge is 0.270 e. The number of carbonyl (C=O) groups is 1. The van der Waals surface area contributed by atoms with Crippen LogP contribution in [0, 0.1) is 17.0 Å².